The van der Waals surface area contributed by atoms with Crippen molar-refractivity contribution in [1.82, 2.24) is 30.2 Å². The highest BCUT2D eigenvalue weighted by Crippen LogP contribution is 2.31. The number of thioether (sulfide) groups is 1. The van der Waals surface area contributed by atoms with Crippen molar-refractivity contribution in [3.63, 3.8) is 0 Å². The number of carbonyl (C=O) groups is 1. The fourth-order valence-corrected chi connectivity index (χ4v) is 5.27. The van der Waals surface area contributed by atoms with Crippen LogP contribution in [-0.4, -0.2) is 56.2 Å². The molecule has 0 bridgehead atoms. The van der Waals surface area contributed by atoms with E-state index in [1.54, 1.807) is 24.8 Å². The third kappa shape index (κ3) is 4.92. The van der Waals surface area contributed by atoms with Crippen molar-refractivity contribution < 1.29 is 9.32 Å². The quantitative estimate of drug-likeness (QED) is 0.241. The van der Waals surface area contributed by atoms with Gasteiger partial charge in [0.05, 0.1) is 23.2 Å². The van der Waals surface area contributed by atoms with E-state index in [2.05, 4.69) is 27.4 Å². The fourth-order valence-electron chi connectivity index (χ4n) is 4.35. The number of fused-ring (bicyclic) bond motifs is 1. The minimum Gasteiger partial charge on any atom is -0.360 e. The highest BCUT2D eigenvalue weighted by atomic mass is 35.5. The van der Waals surface area contributed by atoms with Gasteiger partial charge in [-0.05, 0) is 32.3 Å². The van der Waals surface area contributed by atoms with Gasteiger partial charge in [0.1, 0.15) is 22.8 Å². The number of nitrogens with zero attached hydrogens (tertiary/aromatic N) is 6. The van der Waals surface area contributed by atoms with Crippen molar-refractivity contribution in [3.8, 4) is 11.3 Å². The summed E-state index contributed by atoms with van der Waals surface area (Å²) < 4.78 is 7.17. The molecule has 1 aromatic carbocycles. The zero-order valence-electron chi connectivity index (χ0n) is 20.3. The lowest BCUT2D eigenvalue weighted by Gasteiger charge is -2.18. The molecule has 4 aromatic rings. The van der Waals surface area contributed by atoms with E-state index < -0.39 is 0 Å². The number of rotatable bonds is 9. The van der Waals surface area contributed by atoms with Crippen LogP contribution in [0, 0.1) is 6.92 Å². The van der Waals surface area contributed by atoms with Crippen LogP contribution < -0.4 is 10.2 Å². The number of aryl methyl sites for hydroxylation is 1. The first-order valence-electron chi connectivity index (χ1n) is 12.2. The Kier molecular flexibility index (Phi) is 7.43. The van der Waals surface area contributed by atoms with Crippen LogP contribution in [0.4, 0.5) is 5.82 Å². The molecule has 1 saturated heterocycles. The van der Waals surface area contributed by atoms with Crippen LogP contribution in [0.15, 0.2) is 40.1 Å². The minimum absolute atomic E-state index is 0.272. The van der Waals surface area contributed by atoms with Crippen LogP contribution in [0.5, 0.6) is 0 Å². The summed E-state index contributed by atoms with van der Waals surface area (Å²) in [7, 11) is 0. The molecule has 5 rings (SSSR count). The molecule has 0 spiro atoms. The Hall–Kier alpha value is -3.11. The molecule has 11 heteroatoms. The largest absolute Gasteiger partial charge is 0.360 e. The van der Waals surface area contributed by atoms with Crippen LogP contribution in [0.3, 0.4) is 0 Å². The van der Waals surface area contributed by atoms with Crippen molar-refractivity contribution in [3.05, 3.63) is 46.8 Å². The first-order valence-corrected chi connectivity index (χ1v) is 13.5. The molecule has 9 nitrogen and oxygen atoms in total. The van der Waals surface area contributed by atoms with Gasteiger partial charge in [-0.3, -0.25) is 4.79 Å². The lowest BCUT2D eigenvalue weighted by Crippen LogP contribution is -2.28. The Morgan fingerprint density at radius 2 is 2.03 bits per heavy atom. The third-order valence-corrected chi connectivity index (χ3v) is 7.51. The van der Waals surface area contributed by atoms with Gasteiger partial charge >= 0.3 is 0 Å². The van der Waals surface area contributed by atoms with E-state index in [4.69, 9.17) is 26.1 Å². The molecule has 188 valence electrons. The average molecular weight is 526 g/mol. The number of aromatic nitrogens is 5. The molecule has 1 amide bonds. The van der Waals surface area contributed by atoms with Crippen molar-refractivity contribution in [1.29, 1.82) is 0 Å². The summed E-state index contributed by atoms with van der Waals surface area (Å²) >= 11 is 8.00. The van der Waals surface area contributed by atoms with Crippen LogP contribution >= 0.6 is 23.4 Å². The number of nitrogens with one attached hydrogen (secondary N) is 1. The number of hydrogen-bond acceptors (Lipinski definition) is 8. The fraction of sp³-hybridized carbons (Fsp3) is 0.400. The Morgan fingerprint density at radius 3 is 2.81 bits per heavy atom. The highest BCUT2D eigenvalue weighted by Gasteiger charge is 2.24. The maximum atomic E-state index is 13.1. The average Bonchev–Trinajstić information content (AvgIpc) is 3.63. The van der Waals surface area contributed by atoms with Gasteiger partial charge in [0.25, 0.3) is 5.91 Å². The number of hydrogen-bond donors (Lipinski definition) is 1. The predicted octanol–water partition coefficient (Wildman–Crippen LogP) is 4.98. The lowest BCUT2D eigenvalue weighted by atomic mass is 10.1. The SMILES string of the molecule is CCCSc1nc(N2CCCC2)c2cnn(CCNC(=O)c3c(-c4ccccc4Cl)noc3C)c2n1. The summed E-state index contributed by atoms with van der Waals surface area (Å²) in [6.45, 7) is 6.69. The number of carbonyl (C=O) groups excluding carboxylic acids is 1. The van der Waals surface area contributed by atoms with Crippen molar-refractivity contribution >= 4 is 46.1 Å². The summed E-state index contributed by atoms with van der Waals surface area (Å²) in [5.74, 6) is 2.08. The first-order chi connectivity index (χ1) is 17.6. The summed E-state index contributed by atoms with van der Waals surface area (Å²) in [4.78, 5) is 25.1. The molecule has 3 aromatic heterocycles. The normalized spacial score (nSPS) is 13.6. The van der Waals surface area contributed by atoms with Crippen molar-refractivity contribution in [2.75, 3.05) is 30.3 Å². The molecule has 1 N–H and O–H groups in total. The maximum Gasteiger partial charge on any atom is 0.257 e. The molecular formula is C25H28ClN7O2S. The molecule has 1 aliphatic rings. The number of anilines is 1. The molecule has 1 aliphatic heterocycles. The van der Waals surface area contributed by atoms with E-state index in [1.165, 1.54) is 12.8 Å². The van der Waals surface area contributed by atoms with Gasteiger partial charge in [0.15, 0.2) is 10.8 Å². The smallest absolute Gasteiger partial charge is 0.257 e. The molecule has 0 radical (unpaired) electrons. The summed E-state index contributed by atoms with van der Waals surface area (Å²) in [6, 6.07) is 7.26. The molecule has 0 aliphatic carbocycles. The molecule has 1 fully saturated rings. The second-order valence-corrected chi connectivity index (χ2v) is 10.1. The van der Waals surface area contributed by atoms with E-state index in [0.29, 0.717) is 40.7 Å². The summed E-state index contributed by atoms with van der Waals surface area (Å²) in [5, 5.41) is 13.9. The van der Waals surface area contributed by atoms with Crippen LogP contribution in [0.2, 0.25) is 5.02 Å². The van der Waals surface area contributed by atoms with Gasteiger partial charge in [-0.2, -0.15) is 5.10 Å². The monoisotopic (exact) mass is 525 g/mol. The molecular weight excluding hydrogens is 498 g/mol. The highest BCUT2D eigenvalue weighted by molar-refractivity contribution is 7.99. The summed E-state index contributed by atoms with van der Waals surface area (Å²) in [6.07, 6.45) is 5.22. The van der Waals surface area contributed by atoms with Crippen molar-refractivity contribution in [2.24, 2.45) is 0 Å². The Bertz CT molecular complexity index is 1380. The van der Waals surface area contributed by atoms with Gasteiger partial charge in [0, 0.05) is 31.0 Å². The molecule has 36 heavy (non-hydrogen) atoms. The number of amides is 1. The zero-order chi connectivity index (χ0) is 25.1. The topological polar surface area (TPSA) is 102 Å². The Labute approximate surface area is 218 Å². The lowest BCUT2D eigenvalue weighted by molar-refractivity contribution is 0.0951. The minimum atomic E-state index is -0.272. The molecule has 0 atom stereocenters. The first kappa shape index (κ1) is 24.6. The summed E-state index contributed by atoms with van der Waals surface area (Å²) in [5.41, 5.74) is 2.26. The van der Waals surface area contributed by atoms with Crippen molar-refractivity contribution in [2.45, 2.75) is 44.8 Å². The van der Waals surface area contributed by atoms with E-state index in [9.17, 15) is 4.79 Å². The van der Waals surface area contributed by atoms with E-state index in [0.717, 1.165) is 47.3 Å². The Balaban J connectivity index is 1.35. The molecule has 0 saturated carbocycles. The van der Waals surface area contributed by atoms with Gasteiger partial charge < -0.3 is 14.7 Å². The zero-order valence-corrected chi connectivity index (χ0v) is 21.9. The van der Waals surface area contributed by atoms with Crippen LogP contribution in [0.25, 0.3) is 22.3 Å². The predicted molar refractivity (Wildman–Crippen MR) is 142 cm³/mol. The third-order valence-electron chi connectivity index (χ3n) is 6.12. The molecule has 0 unspecified atom stereocenters. The Morgan fingerprint density at radius 1 is 1.22 bits per heavy atom. The van der Waals surface area contributed by atoms with Crippen LogP contribution in [-0.2, 0) is 6.54 Å². The number of halogens is 1. The van der Waals surface area contributed by atoms with Gasteiger partial charge in [0.2, 0.25) is 0 Å². The van der Waals surface area contributed by atoms with Gasteiger partial charge in [-0.15, -0.1) is 0 Å². The van der Waals surface area contributed by atoms with Gasteiger partial charge in [-0.25, -0.2) is 14.6 Å². The second-order valence-electron chi connectivity index (χ2n) is 8.68. The molecule has 4 heterocycles. The second kappa shape index (κ2) is 10.9. The standard InChI is InChI=1S/C25H28ClN7O2S/c1-3-14-36-25-29-22(32-11-6-7-12-32)18-15-28-33(23(18)30-25)13-10-27-24(34)20-16(2)35-31-21(20)17-8-4-5-9-19(17)26/h4-5,8-9,15H,3,6-7,10-14H2,1-2H3,(H,27,34). The number of benzene rings is 1. The van der Waals surface area contributed by atoms with Crippen LogP contribution in [0.1, 0.15) is 42.3 Å². The van der Waals surface area contributed by atoms with E-state index >= 15 is 0 Å². The van der Waals surface area contributed by atoms with E-state index in [-0.39, 0.29) is 5.91 Å². The van der Waals surface area contributed by atoms with Gasteiger partial charge in [-0.1, -0.05) is 53.6 Å². The maximum absolute atomic E-state index is 13.1. The van der Waals surface area contributed by atoms with E-state index in [1.807, 2.05) is 29.1 Å².